The first-order chi connectivity index (χ1) is 10.8. The highest BCUT2D eigenvalue weighted by atomic mass is 19.4. The number of benzene rings is 1. The van der Waals surface area contributed by atoms with Crippen molar-refractivity contribution < 1.29 is 32.5 Å². The molecule has 0 atom stereocenters. The van der Waals surface area contributed by atoms with E-state index in [1.165, 1.54) is 31.5 Å². The molecule has 0 aliphatic rings. The van der Waals surface area contributed by atoms with Crippen molar-refractivity contribution in [3.8, 4) is 22.8 Å². The van der Waals surface area contributed by atoms with Crippen molar-refractivity contribution in [2.45, 2.75) is 12.8 Å². The smallest absolute Gasteiger partial charge is 0.481 e. The van der Waals surface area contributed by atoms with Crippen LogP contribution in [-0.2, 0) is 11.2 Å². The normalized spacial score (nSPS) is 11.1. The van der Waals surface area contributed by atoms with E-state index >= 15 is 0 Å². The molecule has 0 saturated heterocycles. The maximum Gasteiger partial charge on any atom is 0.573 e. The lowest BCUT2D eigenvalue weighted by Gasteiger charge is -2.11. The topological polar surface area (TPSA) is 68.7 Å². The second kappa shape index (κ2) is 6.55. The molecular formula is C15H12F3NO4. The van der Waals surface area contributed by atoms with Gasteiger partial charge in [0.2, 0.25) is 5.88 Å². The van der Waals surface area contributed by atoms with Crippen LogP contribution in [0.5, 0.6) is 11.6 Å². The third-order valence-corrected chi connectivity index (χ3v) is 2.91. The average Bonchev–Trinajstić information content (AvgIpc) is 2.46. The minimum atomic E-state index is -4.77. The highest BCUT2D eigenvalue weighted by Crippen LogP contribution is 2.29. The molecular weight excluding hydrogens is 315 g/mol. The molecule has 0 spiro atoms. The quantitative estimate of drug-likeness (QED) is 0.913. The summed E-state index contributed by atoms with van der Waals surface area (Å²) in [5.41, 5.74) is 1.45. The molecule has 2 aromatic rings. The highest BCUT2D eigenvalue weighted by molar-refractivity contribution is 5.76. The van der Waals surface area contributed by atoms with Crippen LogP contribution in [0.3, 0.4) is 0 Å². The van der Waals surface area contributed by atoms with Gasteiger partial charge in [-0.05, 0) is 23.3 Å². The Labute approximate surface area is 129 Å². The van der Waals surface area contributed by atoms with E-state index in [9.17, 15) is 18.0 Å². The van der Waals surface area contributed by atoms with E-state index in [2.05, 4.69) is 9.72 Å². The van der Waals surface area contributed by atoms with Gasteiger partial charge in [0.1, 0.15) is 5.75 Å². The second-order valence-electron chi connectivity index (χ2n) is 4.53. The number of carboxylic acids is 1. The van der Waals surface area contributed by atoms with Crippen molar-refractivity contribution in [2.75, 3.05) is 7.11 Å². The van der Waals surface area contributed by atoms with Crippen LogP contribution in [-0.4, -0.2) is 29.5 Å². The molecule has 0 unspecified atom stereocenters. The van der Waals surface area contributed by atoms with Crippen molar-refractivity contribution in [3.63, 3.8) is 0 Å². The number of nitrogens with zero attached hydrogens (tertiary/aromatic N) is 1. The number of pyridine rings is 1. The van der Waals surface area contributed by atoms with Crippen molar-refractivity contribution in [1.29, 1.82) is 0 Å². The van der Waals surface area contributed by atoms with Crippen LogP contribution in [0.2, 0.25) is 0 Å². The number of methoxy groups -OCH3 is 1. The van der Waals surface area contributed by atoms with Crippen molar-refractivity contribution in [3.05, 3.63) is 42.1 Å². The summed E-state index contributed by atoms with van der Waals surface area (Å²) in [5, 5.41) is 8.97. The van der Waals surface area contributed by atoms with E-state index in [0.29, 0.717) is 16.7 Å². The SMILES string of the molecule is COc1cc(CC(=O)O)c(-c2ccc(OC(F)(F)F)cc2)cn1. The Morgan fingerprint density at radius 3 is 2.43 bits per heavy atom. The second-order valence-corrected chi connectivity index (χ2v) is 4.53. The molecule has 122 valence electrons. The average molecular weight is 327 g/mol. The van der Waals surface area contributed by atoms with Gasteiger partial charge in [0, 0.05) is 17.8 Å². The number of rotatable bonds is 5. The van der Waals surface area contributed by atoms with Crippen LogP contribution in [0.4, 0.5) is 13.2 Å². The summed E-state index contributed by atoms with van der Waals surface area (Å²) in [4.78, 5) is 15.0. The van der Waals surface area contributed by atoms with Crippen LogP contribution in [0, 0.1) is 0 Å². The van der Waals surface area contributed by atoms with Gasteiger partial charge in [-0.1, -0.05) is 12.1 Å². The number of aliphatic carboxylic acids is 1. The fourth-order valence-corrected chi connectivity index (χ4v) is 1.99. The molecule has 0 fully saturated rings. The zero-order valence-electron chi connectivity index (χ0n) is 11.9. The van der Waals surface area contributed by atoms with E-state index in [0.717, 1.165) is 12.1 Å². The Morgan fingerprint density at radius 1 is 1.26 bits per heavy atom. The van der Waals surface area contributed by atoms with Gasteiger partial charge < -0.3 is 14.6 Å². The Balaban J connectivity index is 2.35. The first-order valence-corrected chi connectivity index (χ1v) is 6.39. The number of aromatic nitrogens is 1. The van der Waals surface area contributed by atoms with Gasteiger partial charge in [-0.2, -0.15) is 0 Å². The number of carbonyl (C=O) groups is 1. The number of alkyl halides is 3. The van der Waals surface area contributed by atoms with Crippen LogP contribution < -0.4 is 9.47 Å². The number of ether oxygens (including phenoxy) is 2. The zero-order valence-corrected chi connectivity index (χ0v) is 11.9. The predicted molar refractivity (Wildman–Crippen MR) is 74.2 cm³/mol. The fraction of sp³-hybridized carbons (Fsp3) is 0.200. The van der Waals surface area contributed by atoms with E-state index < -0.39 is 12.3 Å². The Morgan fingerprint density at radius 2 is 1.91 bits per heavy atom. The number of hydrogen-bond donors (Lipinski definition) is 1. The van der Waals surface area contributed by atoms with Gasteiger partial charge in [0.05, 0.1) is 13.5 Å². The van der Waals surface area contributed by atoms with Crippen molar-refractivity contribution in [1.82, 2.24) is 4.98 Å². The number of carboxylic acid groups (broad SMARTS) is 1. The number of hydrogen-bond acceptors (Lipinski definition) is 4. The fourth-order valence-electron chi connectivity index (χ4n) is 1.99. The minimum Gasteiger partial charge on any atom is -0.481 e. The van der Waals surface area contributed by atoms with Crippen LogP contribution >= 0.6 is 0 Å². The molecule has 1 aromatic carbocycles. The summed E-state index contributed by atoms with van der Waals surface area (Å²) in [6.45, 7) is 0. The molecule has 0 aliphatic heterocycles. The molecule has 23 heavy (non-hydrogen) atoms. The molecule has 8 heteroatoms. The van der Waals surface area contributed by atoms with Gasteiger partial charge in [-0.15, -0.1) is 13.2 Å². The molecule has 2 rings (SSSR count). The molecule has 0 amide bonds. The Hall–Kier alpha value is -2.77. The lowest BCUT2D eigenvalue weighted by atomic mass is 10.00. The van der Waals surface area contributed by atoms with Crippen LogP contribution in [0.15, 0.2) is 36.5 Å². The Kier molecular flexibility index (Phi) is 4.73. The molecule has 0 aliphatic carbocycles. The summed E-state index contributed by atoms with van der Waals surface area (Å²) < 4.78 is 45.2. The molecule has 1 aromatic heterocycles. The van der Waals surface area contributed by atoms with Gasteiger partial charge in [-0.25, -0.2) is 4.98 Å². The maximum atomic E-state index is 12.1. The first kappa shape index (κ1) is 16.6. The van der Waals surface area contributed by atoms with E-state index in [1.807, 2.05) is 0 Å². The monoisotopic (exact) mass is 327 g/mol. The van der Waals surface area contributed by atoms with Crippen LogP contribution in [0.25, 0.3) is 11.1 Å². The van der Waals surface area contributed by atoms with Gasteiger partial charge in [-0.3, -0.25) is 4.79 Å². The van der Waals surface area contributed by atoms with E-state index in [4.69, 9.17) is 9.84 Å². The molecule has 0 saturated carbocycles. The third-order valence-electron chi connectivity index (χ3n) is 2.91. The van der Waals surface area contributed by atoms with Crippen molar-refractivity contribution in [2.24, 2.45) is 0 Å². The van der Waals surface area contributed by atoms with Crippen molar-refractivity contribution >= 4 is 5.97 Å². The summed E-state index contributed by atoms with van der Waals surface area (Å²) in [7, 11) is 1.40. The summed E-state index contributed by atoms with van der Waals surface area (Å²) in [6, 6.07) is 6.57. The number of halogens is 3. The largest absolute Gasteiger partial charge is 0.573 e. The highest BCUT2D eigenvalue weighted by Gasteiger charge is 2.31. The maximum absolute atomic E-state index is 12.1. The Bertz CT molecular complexity index is 699. The van der Waals surface area contributed by atoms with Gasteiger partial charge in [0.25, 0.3) is 0 Å². The zero-order chi connectivity index (χ0) is 17.0. The van der Waals surface area contributed by atoms with E-state index in [1.54, 1.807) is 0 Å². The predicted octanol–water partition coefficient (Wildman–Crippen LogP) is 3.28. The third kappa shape index (κ3) is 4.60. The van der Waals surface area contributed by atoms with E-state index in [-0.39, 0.29) is 18.1 Å². The summed E-state index contributed by atoms with van der Waals surface area (Å²) in [6.07, 6.45) is -3.62. The standard InChI is InChI=1S/C15H12F3NO4/c1-22-13-6-10(7-14(20)21)12(8-19-13)9-2-4-11(5-3-9)23-15(16,17)18/h2-6,8H,7H2,1H3,(H,20,21). The van der Waals surface area contributed by atoms with Gasteiger partial charge in [0.15, 0.2) is 0 Å². The molecule has 0 radical (unpaired) electrons. The lowest BCUT2D eigenvalue weighted by Crippen LogP contribution is -2.16. The lowest BCUT2D eigenvalue weighted by molar-refractivity contribution is -0.274. The molecule has 1 N–H and O–H groups in total. The molecule has 1 heterocycles. The molecule has 5 nitrogen and oxygen atoms in total. The first-order valence-electron chi connectivity index (χ1n) is 6.39. The molecule has 0 bridgehead atoms. The van der Waals surface area contributed by atoms with Gasteiger partial charge >= 0.3 is 12.3 Å². The van der Waals surface area contributed by atoms with Crippen LogP contribution in [0.1, 0.15) is 5.56 Å². The summed E-state index contributed by atoms with van der Waals surface area (Å²) in [5.74, 6) is -1.15. The summed E-state index contributed by atoms with van der Waals surface area (Å²) >= 11 is 0. The minimum absolute atomic E-state index is 0.252.